The number of aromatic hydroxyl groups is 1. The molecule has 1 aromatic carbocycles. The number of rotatable bonds is 7. The summed E-state index contributed by atoms with van der Waals surface area (Å²) in [6.07, 6.45) is -8.97. The quantitative estimate of drug-likeness (QED) is 0.193. The summed E-state index contributed by atoms with van der Waals surface area (Å²) in [6.45, 7) is -0.940. The largest absolute Gasteiger partial charge is 0.504 e. The van der Waals surface area contributed by atoms with Gasteiger partial charge in [-0.2, -0.15) is 0 Å². The molecule has 178 valence electrons. The Morgan fingerprint density at radius 2 is 1.94 bits per heavy atom. The van der Waals surface area contributed by atoms with Gasteiger partial charge >= 0.3 is 5.97 Å². The standard InChI is InChI=1S/C20H26O12/c1-28-12-6-9(2-4-10(12)22)3-5-14(24)31-18-15(25)13(7-21)30-20(18)32-17-11(23)8-29-19(27)16(17)26/h2-6,11,13,15-23,25-27H,7-8H2,1H3. The number of phenols is 1. The normalized spacial score (nSPS) is 35.2. The molecular weight excluding hydrogens is 432 g/mol. The van der Waals surface area contributed by atoms with Crippen molar-refractivity contribution in [3.05, 3.63) is 29.8 Å². The van der Waals surface area contributed by atoms with Crippen LogP contribution < -0.4 is 4.74 Å². The van der Waals surface area contributed by atoms with Gasteiger partial charge in [-0.05, 0) is 23.8 Å². The number of hydrogen-bond acceptors (Lipinski definition) is 12. The van der Waals surface area contributed by atoms with Crippen molar-refractivity contribution in [1.29, 1.82) is 0 Å². The first-order valence-electron chi connectivity index (χ1n) is 9.76. The molecule has 2 saturated heterocycles. The molecule has 6 N–H and O–H groups in total. The SMILES string of the molecule is COc1cc(C=CC(=O)OC2C(OC3C(O)COC(O)C3O)OC(CO)C2O)ccc1O. The third-order valence-corrected chi connectivity index (χ3v) is 5.08. The summed E-state index contributed by atoms with van der Waals surface area (Å²) in [5.41, 5.74) is 0.517. The van der Waals surface area contributed by atoms with Crippen LogP contribution in [0, 0.1) is 0 Å². The second-order valence-electron chi connectivity index (χ2n) is 7.26. The maximum atomic E-state index is 12.3. The number of phenolic OH excluding ortho intramolecular Hbond substituents is 1. The highest BCUT2D eigenvalue weighted by Crippen LogP contribution is 2.30. The molecule has 0 spiro atoms. The first-order valence-corrected chi connectivity index (χ1v) is 9.76. The third kappa shape index (κ3) is 5.36. The lowest BCUT2D eigenvalue weighted by atomic mass is 10.0. The van der Waals surface area contributed by atoms with Crippen molar-refractivity contribution in [2.24, 2.45) is 0 Å². The van der Waals surface area contributed by atoms with Crippen LogP contribution in [-0.4, -0.2) is 106 Å². The Morgan fingerprint density at radius 3 is 2.62 bits per heavy atom. The van der Waals surface area contributed by atoms with Crippen LogP contribution >= 0.6 is 0 Å². The smallest absolute Gasteiger partial charge is 0.331 e. The van der Waals surface area contributed by atoms with E-state index in [1.54, 1.807) is 0 Å². The highest BCUT2D eigenvalue weighted by atomic mass is 16.7. The van der Waals surface area contributed by atoms with Gasteiger partial charge in [0.2, 0.25) is 0 Å². The van der Waals surface area contributed by atoms with Crippen molar-refractivity contribution >= 4 is 12.0 Å². The second kappa shape index (κ2) is 10.6. The molecule has 12 heteroatoms. The Balaban J connectivity index is 1.69. The molecule has 2 aliphatic heterocycles. The average Bonchev–Trinajstić information content (AvgIpc) is 3.07. The maximum Gasteiger partial charge on any atom is 0.331 e. The number of aliphatic hydroxyl groups excluding tert-OH is 5. The van der Waals surface area contributed by atoms with Crippen LogP contribution in [0.3, 0.4) is 0 Å². The lowest BCUT2D eigenvalue weighted by Crippen LogP contribution is -2.56. The summed E-state index contributed by atoms with van der Waals surface area (Å²) < 4.78 is 25.9. The monoisotopic (exact) mass is 458 g/mol. The van der Waals surface area contributed by atoms with E-state index in [9.17, 15) is 35.4 Å². The molecule has 2 heterocycles. The third-order valence-electron chi connectivity index (χ3n) is 5.08. The molecule has 2 fully saturated rings. The Labute approximate surface area is 182 Å². The Morgan fingerprint density at radius 1 is 1.19 bits per heavy atom. The van der Waals surface area contributed by atoms with Gasteiger partial charge in [-0.3, -0.25) is 0 Å². The van der Waals surface area contributed by atoms with Crippen LogP contribution in [0.4, 0.5) is 0 Å². The van der Waals surface area contributed by atoms with Gasteiger partial charge < -0.3 is 54.3 Å². The van der Waals surface area contributed by atoms with Gasteiger partial charge in [0.05, 0.1) is 20.3 Å². The molecule has 1 aromatic rings. The molecule has 0 aromatic heterocycles. The number of aliphatic hydroxyl groups is 5. The van der Waals surface area contributed by atoms with Crippen molar-refractivity contribution in [3.63, 3.8) is 0 Å². The van der Waals surface area contributed by atoms with Crippen molar-refractivity contribution in [1.82, 2.24) is 0 Å². The summed E-state index contributed by atoms with van der Waals surface area (Å²) in [6, 6.07) is 4.40. The van der Waals surface area contributed by atoms with Crippen molar-refractivity contribution in [2.75, 3.05) is 20.3 Å². The molecule has 0 saturated carbocycles. The highest BCUT2D eigenvalue weighted by molar-refractivity contribution is 5.87. The van der Waals surface area contributed by atoms with Crippen LogP contribution in [0.2, 0.25) is 0 Å². The molecule has 0 radical (unpaired) electrons. The zero-order valence-electron chi connectivity index (χ0n) is 17.1. The first kappa shape index (κ1) is 24.4. The topological polar surface area (TPSA) is 185 Å². The molecule has 3 rings (SSSR count). The Hall–Kier alpha value is -2.29. The summed E-state index contributed by atoms with van der Waals surface area (Å²) in [4.78, 5) is 12.3. The van der Waals surface area contributed by atoms with Crippen molar-refractivity contribution in [2.45, 2.75) is 49.2 Å². The van der Waals surface area contributed by atoms with Gasteiger partial charge in [-0.25, -0.2) is 4.79 Å². The van der Waals surface area contributed by atoms with E-state index < -0.39 is 61.8 Å². The molecule has 8 unspecified atom stereocenters. The van der Waals surface area contributed by atoms with E-state index in [4.69, 9.17) is 23.7 Å². The van der Waals surface area contributed by atoms with E-state index in [1.807, 2.05) is 0 Å². The van der Waals surface area contributed by atoms with Crippen molar-refractivity contribution in [3.8, 4) is 11.5 Å². The fraction of sp³-hybridized carbons (Fsp3) is 0.550. The van der Waals surface area contributed by atoms with Gasteiger partial charge in [0.1, 0.15) is 30.5 Å². The Kier molecular flexibility index (Phi) is 8.03. The summed E-state index contributed by atoms with van der Waals surface area (Å²) in [5.74, 6) is -0.753. The minimum absolute atomic E-state index is 0.0731. The summed E-state index contributed by atoms with van der Waals surface area (Å²) in [5, 5.41) is 59.0. The minimum atomic E-state index is -1.63. The van der Waals surface area contributed by atoms with Crippen LogP contribution in [0.25, 0.3) is 6.08 Å². The van der Waals surface area contributed by atoms with Gasteiger partial charge in [0, 0.05) is 6.08 Å². The average molecular weight is 458 g/mol. The van der Waals surface area contributed by atoms with E-state index in [0.29, 0.717) is 5.56 Å². The molecule has 32 heavy (non-hydrogen) atoms. The van der Waals surface area contributed by atoms with E-state index in [1.165, 1.54) is 31.4 Å². The summed E-state index contributed by atoms with van der Waals surface area (Å²) in [7, 11) is 1.38. The number of esters is 1. The first-order chi connectivity index (χ1) is 15.2. The fourth-order valence-electron chi connectivity index (χ4n) is 3.33. The predicted molar refractivity (Wildman–Crippen MR) is 104 cm³/mol. The number of hydrogen-bond donors (Lipinski definition) is 6. The van der Waals surface area contributed by atoms with E-state index in [-0.39, 0.29) is 18.1 Å². The van der Waals surface area contributed by atoms with Crippen LogP contribution in [0.5, 0.6) is 11.5 Å². The molecule has 8 atom stereocenters. The van der Waals surface area contributed by atoms with Crippen LogP contribution in [0.15, 0.2) is 24.3 Å². The minimum Gasteiger partial charge on any atom is -0.504 e. The van der Waals surface area contributed by atoms with E-state index in [0.717, 1.165) is 6.08 Å². The molecular formula is C20H26O12. The Bertz CT molecular complexity index is 814. The zero-order valence-corrected chi connectivity index (χ0v) is 17.1. The lowest BCUT2D eigenvalue weighted by molar-refractivity contribution is -0.299. The maximum absolute atomic E-state index is 12.3. The highest BCUT2D eigenvalue weighted by Gasteiger charge is 2.50. The summed E-state index contributed by atoms with van der Waals surface area (Å²) >= 11 is 0. The zero-order chi connectivity index (χ0) is 23.4. The molecule has 2 aliphatic rings. The lowest BCUT2D eigenvalue weighted by Gasteiger charge is -2.37. The fourth-order valence-corrected chi connectivity index (χ4v) is 3.33. The number of methoxy groups -OCH3 is 1. The second-order valence-corrected chi connectivity index (χ2v) is 7.26. The molecule has 12 nitrogen and oxygen atoms in total. The number of ether oxygens (including phenoxy) is 5. The molecule has 0 aliphatic carbocycles. The van der Waals surface area contributed by atoms with E-state index in [2.05, 4.69) is 0 Å². The van der Waals surface area contributed by atoms with Gasteiger partial charge in [0.15, 0.2) is 30.2 Å². The number of benzene rings is 1. The predicted octanol–water partition coefficient (Wildman–Crippen LogP) is -2.14. The van der Waals surface area contributed by atoms with Gasteiger partial charge in [-0.1, -0.05) is 6.07 Å². The van der Waals surface area contributed by atoms with Crippen molar-refractivity contribution < 1.29 is 59.1 Å². The van der Waals surface area contributed by atoms with Crippen LogP contribution in [-0.2, 0) is 23.7 Å². The van der Waals surface area contributed by atoms with Gasteiger partial charge in [-0.15, -0.1) is 0 Å². The van der Waals surface area contributed by atoms with E-state index >= 15 is 0 Å². The molecule has 0 amide bonds. The number of carbonyl (C=O) groups is 1. The number of carbonyl (C=O) groups excluding carboxylic acids is 1. The van der Waals surface area contributed by atoms with Gasteiger partial charge in [0.25, 0.3) is 0 Å². The van der Waals surface area contributed by atoms with Crippen LogP contribution in [0.1, 0.15) is 5.56 Å². The molecule has 0 bridgehead atoms.